The monoisotopic (exact) mass is 504 g/mol. The second-order valence-corrected chi connectivity index (χ2v) is 10.8. The van der Waals surface area contributed by atoms with E-state index < -0.39 is 9.84 Å². The number of ether oxygens (including phenoxy) is 1. The van der Waals surface area contributed by atoms with Crippen molar-refractivity contribution in [2.24, 2.45) is 0 Å². The van der Waals surface area contributed by atoms with E-state index in [-0.39, 0.29) is 16.6 Å². The molecule has 1 aromatic heterocycles. The Kier molecular flexibility index (Phi) is 7.43. The van der Waals surface area contributed by atoms with Gasteiger partial charge >= 0.3 is 0 Å². The topological polar surface area (TPSA) is 85.4 Å². The number of thiazole rings is 1. The number of aromatic nitrogens is 1. The fourth-order valence-electron chi connectivity index (χ4n) is 3.44. The molecular formula is C27H24N2O4S2. The number of nitrogens with one attached hydrogen (secondary N) is 1. The van der Waals surface area contributed by atoms with Crippen LogP contribution in [0.15, 0.2) is 89.1 Å². The third-order valence-electron chi connectivity index (χ3n) is 5.23. The Morgan fingerprint density at radius 1 is 1.06 bits per heavy atom. The molecule has 0 aliphatic rings. The summed E-state index contributed by atoms with van der Waals surface area (Å²) in [5.41, 5.74) is 4.18. The molecule has 1 N–H and O–H groups in total. The first-order chi connectivity index (χ1) is 16.8. The van der Waals surface area contributed by atoms with Crippen LogP contribution in [0.2, 0.25) is 0 Å². The highest BCUT2D eigenvalue weighted by atomic mass is 32.2. The summed E-state index contributed by atoms with van der Waals surface area (Å²) < 4.78 is 30.6. The van der Waals surface area contributed by atoms with Crippen LogP contribution in [0.1, 0.15) is 16.7 Å². The molecule has 0 saturated heterocycles. The molecule has 1 amide bonds. The van der Waals surface area contributed by atoms with Crippen molar-refractivity contribution < 1.29 is 17.9 Å². The molecule has 0 bridgehead atoms. The maximum Gasteiger partial charge on any atom is 0.250 e. The predicted octanol–water partition coefficient (Wildman–Crippen LogP) is 5.75. The maximum absolute atomic E-state index is 12.7. The number of rotatable bonds is 8. The van der Waals surface area contributed by atoms with Gasteiger partial charge in [0, 0.05) is 17.0 Å². The van der Waals surface area contributed by atoms with Gasteiger partial charge in [0.15, 0.2) is 15.0 Å². The lowest BCUT2D eigenvalue weighted by molar-refractivity contribution is -0.111. The Morgan fingerprint density at radius 2 is 1.80 bits per heavy atom. The van der Waals surface area contributed by atoms with E-state index in [1.54, 1.807) is 37.5 Å². The van der Waals surface area contributed by atoms with Gasteiger partial charge in [-0.05, 0) is 60.5 Å². The summed E-state index contributed by atoms with van der Waals surface area (Å²) in [7, 11) is -1.85. The van der Waals surface area contributed by atoms with Gasteiger partial charge in [-0.2, -0.15) is 0 Å². The Balaban J connectivity index is 1.36. The molecule has 35 heavy (non-hydrogen) atoms. The van der Waals surface area contributed by atoms with Crippen LogP contribution >= 0.6 is 11.3 Å². The smallest absolute Gasteiger partial charge is 0.250 e. The average molecular weight is 505 g/mol. The fraction of sp³-hybridized carbons (Fsp3) is 0.111. The number of carbonyl (C=O) groups excluding carboxylic acids is 1. The van der Waals surface area contributed by atoms with Gasteiger partial charge in [0.25, 0.3) is 0 Å². The number of amides is 1. The SMILES string of the molecule is COc1ccc(-c2csc(NC(=O)/C=C/c3ccc(S(=O)(=O)Cc4cccc(C)c4)cc3)n2)cc1. The normalized spacial score (nSPS) is 11.5. The van der Waals surface area contributed by atoms with Crippen LogP contribution in [0.4, 0.5) is 5.13 Å². The number of sulfone groups is 1. The van der Waals surface area contributed by atoms with Crippen LogP contribution in [0.3, 0.4) is 0 Å². The summed E-state index contributed by atoms with van der Waals surface area (Å²) in [6.45, 7) is 1.93. The molecule has 0 spiro atoms. The largest absolute Gasteiger partial charge is 0.497 e. The molecule has 1 heterocycles. The first kappa shape index (κ1) is 24.4. The number of carbonyl (C=O) groups is 1. The van der Waals surface area contributed by atoms with Gasteiger partial charge in [-0.1, -0.05) is 42.0 Å². The van der Waals surface area contributed by atoms with E-state index in [9.17, 15) is 13.2 Å². The van der Waals surface area contributed by atoms with E-state index in [1.807, 2.05) is 60.8 Å². The molecule has 0 aliphatic carbocycles. The van der Waals surface area contributed by atoms with Crippen molar-refractivity contribution in [1.82, 2.24) is 4.98 Å². The summed E-state index contributed by atoms with van der Waals surface area (Å²) in [6, 6.07) is 21.5. The van der Waals surface area contributed by atoms with E-state index in [0.717, 1.165) is 28.1 Å². The van der Waals surface area contributed by atoms with Crippen LogP contribution in [-0.2, 0) is 20.4 Å². The molecule has 178 valence electrons. The Morgan fingerprint density at radius 3 is 2.49 bits per heavy atom. The predicted molar refractivity (Wildman–Crippen MR) is 140 cm³/mol. The molecule has 0 saturated carbocycles. The minimum Gasteiger partial charge on any atom is -0.497 e. The molecular weight excluding hydrogens is 480 g/mol. The number of benzene rings is 3. The van der Waals surface area contributed by atoms with Gasteiger partial charge < -0.3 is 4.74 Å². The molecule has 0 fully saturated rings. The van der Waals surface area contributed by atoms with Crippen LogP contribution in [0.25, 0.3) is 17.3 Å². The Bertz CT molecular complexity index is 1460. The van der Waals surface area contributed by atoms with Crippen molar-refractivity contribution in [2.75, 3.05) is 12.4 Å². The van der Waals surface area contributed by atoms with Crippen molar-refractivity contribution in [2.45, 2.75) is 17.6 Å². The third-order valence-corrected chi connectivity index (χ3v) is 7.69. The van der Waals surface area contributed by atoms with Crippen molar-refractivity contribution in [3.8, 4) is 17.0 Å². The molecule has 0 aliphatic heterocycles. The summed E-state index contributed by atoms with van der Waals surface area (Å²) in [4.78, 5) is 17.0. The second kappa shape index (κ2) is 10.7. The highest BCUT2D eigenvalue weighted by molar-refractivity contribution is 7.90. The number of methoxy groups -OCH3 is 1. The quantitative estimate of drug-likeness (QED) is 0.309. The van der Waals surface area contributed by atoms with Gasteiger partial charge in [0.2, 0.25) is 5.91 Å². The van der Waals surface area contributed by atoms with E-state index in [2.05, 4.69) is 10.3 Å². The van der Waals surface area contributed by atoms with Crippen LogP contribution < -0.4 is 10.1 Å². The molecule has 8 heteroatoms. The van der Waals surface area contributed by atoms with E-state index in [4.69, 9.17) is 4.74 Å². The average Bonchev–Trinajstić information content (AvgIpc) is 3.31. The number of hydrogen-bond donors (Lipinski definition) is 1. The summed E-state index contributed by atoms with van der Waals surface area (Å²) in [6.07, 6.45) is 3.02. The molecule has 4 aromatic rings. The number of hydrogen-bond acceptors (Lipinski definition) is 6. The van der Waals surface area contributed by atoms with Gasteiger partial charge in [0.05, 0.1) is 23.5 Å². The Labute approximate surface area is 208 Å². The van der Waals surface area contributed by atoms with Crippen LogP contribution in [-0.4, -0.2) is 26.4 Å². The first-order valence-corrected chi connectivity index (χ1v) is 13.3. The highest BCUT2D eigenvalue weighted by Gasteiger charge is 2.15. The highest BCUT2D eigenvalue weighted by Crippen LogP contribution is 2.26. The zero-order valence-electron chi connectivity index (χ0n) is 19.3. The van der Waals surface area contributed by atoms with E-state index in [0.29, 0.717) is 10.7 Å². The lowest BCUT2D eigenvalue weighted by atomic mass is 10.2. The Hall–Kier alpha value is -3.75. The van der Waals surface area contributed by atoms with Crippen molar-refractivity contribution >= 4 is 38.3 Å². The fourth-order valence-corrected chi connectivity index (χ4v) is 5.49. The second-order valence-electron chi connectivity index (χ2n) is 7.91. The zero-order valence-corrected chi connectivity index (χ0v) is 20.9. The van der Waals surface area contributed by atoms with Crippen LogP contribution in [0.5, 0.6) is 5.75 Å². The standard InChI is InChI=1S/C27H24N2O4S2/c1-19-4-3-5-21(16-19)18-35(31,32)24-13-6-20(7-14-24)8-15-26(30)29-27-28-25(17-34-27)22-9-11-23(33-2)12-10-22/h3-17H,18H2,1-2H3,(H,28,29,30)/b15-8+. The third kappa shape index (κ3) is 6.44. The van der Waals surface area contributed by atoms with Gasteiger partial charge in [-0.25, -0.2) is 13.4 Å². The number of anilines is 1. The van der Waals surface area contributed by atoms with E-state index in [1.165, 1.54) is 17.4 Å². The molecule has 0 unspecified atom stereocenters. The molecule has 4 rings (SSSR count). The molecule has 3 aromatic carbocycles. The van der Waals surface area contributed by atoms with Crippen LogP contribution in [0, 0.1) is 6.92 Å². The van der Waals surface area contributed by atoms with E-state index >= 15 is 0 Å². The lowest BCUT2D eigenvalue weighted by Crippen LogP contribution is -2.07. The summed E-state index contributed by atoms with van der Waals surface area (Å²) >= 11 is 1.34. The molecule has 0 atom stereocenters. The summed E-state index contributed by atoms with van der Waals surface area (Å²) in [5.74, 6) is 0.384. The van der Waals surface area contributed by atoms with Crippen molar-refractivity contribution in [1.29, 1.82) is 0 Å². The van der Waals surface area contributed by atoms with Gasteiger partial charge in [-0.15, -0.1) is 11.3 Å². The number of aryl methyl sites for hydroxylation is 1. The van der Waals surface area contributed by atoms with Crippen molar-refractivity contribution in [3.05, 3.63) is 101 Å². The maximum atomic E-state index is 12.7. The minimum atomic E-state index is -3.46. The first-order valence-electron chi connectivity index (χ1n) is 10.8. The van der Waals surface area contributed by atoms with Gasteiger partial charge in [0.1, 0.15) is 5.75 Å². The summed E-state index contributed by atoms with van der Waals surface area (Å²) in [5, 5.41) is 5.11. The zero-order chi connectivity index (χ0) is 24.8. The minimum absolute atomic E-state index is 0.0569. The number of nitrogens with zero attached hydrogens (tertiary/aromatic N) is 1. The van der Waals surface area contributed by atoms with Crippen molar-refractivity contribution in [3.63, 3.8) is 0 Å². The molecule has 6 nitrogen and oxygen atoms in total. The molecule has 0 radical (unpaired) electrons. The van der Waals surface area contributed by atoms with Gasteiger partial charge in [-0.3, -0.25) is 10.1 Å². The lowest BCUT2D eigenvalue weighted by Gasteiger charge is -2.06.